The van der Waals surface area contributed by atoms with Gasteiger partial charge in [0.1, 0.15) is 5.82 Å². The Bertz CT molecular complexity index is 815. The molecule has 0 radical (unpaired) electrons. The van der Waals surface area contributed by atoms with Crippen LogP contribution in [0.5, 0.6) is 0 Å². The Morgan fingerprint density at radius 1 is 1.15 bits per heavy atom. The van der Waals surface area contributed by atoms with Crippen LogP contribution in [0.3, 0.4) is 0 Å². The fourth-order valence-corrected chi connectivity index (χ4v) is 4.13. The predicted molar refractivity (Wildman–Crippen MR) is 98.2 cm³/mol. The van der Waals surface area contributed by atoms with E-state index in [1.807, 2.05) is 18.2 Å². The first kappa shape index (κ1) is 17.2. The van der Waals surface area contributed by atoms with Gasteiger partial charge < -0.3 is 15.3 Å². The second kappa shape index (κ2) is 6.82. The quantitative estimate of drug-likeness (QED) is 0.890. The van der Waals surface area contributed by atoms with E-state index in [9.17, 15) is 14.3 Å². The van der Waals surface area contributed by atoms with Gasteiger partial charge in [-0.2, -0.15) is 0 Å². The topological polar surface area (TPSA) is 52.6 Å². The first-order valence-corrected chi connectivity index (χ1v) is 9.11. The van der Waals surface area contributed by atoms with Crippen LogP contribution in [-0.4, -0.2) is 35.5 Å². The first-order valence-electron chi connectivity index (χ1n) is 9.11. The molecule has 0 saturated carbocycles. The van der Waals surface area contributed by atoms with E-state index in [0.717, 1.165) is 38.0 Å². The number of nitrogens with zero attached hydrogens (tertiary/aromatic N) is 1. The number of amides is 1. The molecule has 2 aliphatic rings. The SMILES string of the molecule is O=C1Nc2ccccc2CC12CCN(CC(O)c1cccc(F)c1)CC2. The Morgan fingerprint density at radius 2 is 1.92 bits per heavy atom. The lowest BCUT2D eigenvalue weighted by Crippen LogP contribution is -2.50. The van der Waals surface area contributed by atoms with Crippen molar-refractivity contribution in [2.24, 2.45) is 5.41 Å². The third kappa shape index (κ3) is 3.24. The fourth-order valence-electron chi connectivity index (χ4n) is 4.13. The van der Waals surface area contributed by atoms with Gasteiger partial charge in [-0.05, 0) is 61.7 Å². The molecule has 2 aromatic rings. The van der Waals surface area contributed by atoms with Crippen LogP contribution in [0.1, 0.15) is 30.1 Å². The maximum absolute atomic E-state index is 13.3. The highest BCUT2D eigenvalue weighted by molar-refractivity contribution is 5.98. The molecule has 4 nitrogen and oxygen atoms in total. The molecule has 0 aromatic heterocycles. The van der Waals surface area contributed by atoms with Crippen molar-refractivity contribution in [1.29, 1.82) is 0 Å². The van der Waals surface area contributed by atoms with Crippen LogP contribution in [0, 0.1) is 11.2 Å². The summed E-state index contributed by atoms with van der Waals surface area (Å²) in [6.45, 7) is 1.96. The third-order valence-corrected chi connectivity index (χ3v) is 5.75. The molecule has 4 rings (SSSR count). The number of rotatable bonds is 3. The van der Waals surface area contributed by atoms with E-state index in [0.29, 0.717) is 12.1 Å². The van der Waals surface area contributed by atoms with E-state index in [1.165, 1.54) is 17.7 Å². The molecule has 1 unspecified atom stereocenters. The van der Waals surface area contributed by atoms with Crippen molar-refractivity contribution < 1.29 is 14.3 Å². The van der Waals surface area contributed by atoms with Gasteiger partial charge in [0, 0.05) is 12.2 Å². The standard InChI is InChI=1S/C21H23FN2O2/c22-17-6-3-5-15(12-17)19(25)14-24-10-8-21(9-11-24)13-16-4-1-2-7-18(16)23-20(21)26/h1-7,12,19,25H,8-11,13-14H2,(H,23,26). The summed E-state index contributed by atoms with van der Waals surface area (Å²) >= 11 is 0. The Hall–Kier alpha value is -2.24. The molecule has 1 spiro atoms. The van der Waals surface area contributed by atoms with E-state index in [4.69, 9.17) is 0 Å². The van der Waals surface area contributed by atoms with Crippen molar-refractivity contribution in [2.75, 3.05) is 25.0 Å². The molecule has 2 aromatic carbocycles. The second-order valence-corrected chi connectivity index (χ2v) is 7.44. The number of fused-ring (bicyclic) bond motifs is 1. The van der Waals surface area contributed by atoms with Crippen LogP contribution in [0.2, 0.25) is 0 Å². The molecule has 2 heterocycles. The molecule has 5 heteroatoms. The first-order chi connectivity index (χ1) is 12.6. The highest BCUT2D eigenvalue weighted by Crippen LogP contribution is 2.41. The number of carbonyl (C=O) groups is 1. The maximum atomic E-state index is 13.3. The number of hydrogen-bond donors (Lipinski definition) is 2. The fraction of sp³-hybridized carbons (Fsp3) is 0.381. The molecule has 2 aliphatic heterocycles. The number of β-amino-alcohol motifs (C(OH)–C–C–N with tert-alkyl or cyclic N) is 1. The lowest BCUT2D eigenvalue weighted by atomic mass is 9.71. The number of aliphatic hydroxyl groups is 1. The van der Waals surface area contributed by atoms with Gasteiger partial charge in [-0.15, -0.1) is 0 Å². The lowest BCUT2D eigenvalue weighted by Gasteiger charge is -2.43. The van der Waals surface area contributed by atoms with Crippen molar-refractivity contribution in [3.05, 3.63) is 65.5 Å². The normalized spacial score (nSPS) is 20.5. The van der Waals surface area contributed by atoms with E-state index in [1.54, 1.807) is 12.1 Å². The molecular formula is C21H23FN2O2. The lowest BCUT2D eigenvalue weighted by molar-refractivity contribution is -0.129. The van der Waals surface area contributed by atoms with Crippen LogP contribution < -0.4 is 5.32 Å². The zero-order chi connectivity index (χ0) is 18.1. The summed E-state index contributed by atoms with van der Waals surface area (Å²) in [5.41, 5.74) is 2.36. The summed E-state index contributed by atoms with van der Waals surface area (Å²) in [6.07, 6.45) is 1.59. The highest BCUT2D eigenvalue weighted by atomic mass is 19.1. The number of hydrogen-bond acceptors (Lipinski definition) is 3. The summed E-state index contributed by atoms with van der Waals surface area (Å²) in [6, 6.07) is 14.1. The zero-order valence-electron chi connectivity index (χ0n) is 14.6. The zero-order valence-corrected chi connectivity index (χ0v) is 14.6. The average molecular weight is 354 g/mol. The molecule has 0 bridgehead atoms. The van der Waals surface area contributed by atoms with Gasteiger partial charge in [-0.25, -0.2) is 4.39 Å². The van der Waals surface area contributed by atoms with Gasteiger partial charge in [0.25, 0.3) is 0 Å². The molecule has 1 saturated heterocycles. The van der Waals surface area contributed by atoms with Gasteiger partial charge in [-0.1, -0.05) is 30.3 Å². The molecule has 26 heavy (non-hydrogen) atoms. The Labute approximate surface area is 152 Å². The van der Waals surface area contributed by atoms with E-state index < -0.39 is 6.10 Å². The number of aliphatic hydroxyl groups excluding tert-OH is 1. The van der Waals surface area contributed by atoms with E-state index >= 15 is 0 Å². The second-order valence-electron chi connectivity index (χ2n) is 7.44. The van der Waals surface area contributed by atoms with Crippen LogP contribution in [0.15, 0.2) is 48.5 Å². The van der Waals surface area contributed by atoms with Crippen LogP contribution in [-0.2, 0) is 11.2 Å². The number of halogens is 1. The van der Waals surface area contributed by atoms with Gasteiger partial charge in [0.05, 0.1) is 11.5 Å². The number of likely N-dealkylation sites (tertiary alicyclic amines) is 1. The highest BCUT2D eigenvalue weighted by Gasteiger charge is 2.44. The summed E-state index contributed by atoms with van der Waals surface area (Å²) in [4.78, 5) is 14.9. The van der Waals surface area contributed by atoms with Crippen molar-refractivity contribution in [1.82, 2.24) is 4.90 Å². The predicted octanol–water partition coefficient (Wildman–Crippen LogP) is 3.14. The largest absolute Gasteiger partial charge is 0.387 e. The number of para-hydroxylation sites is 1. The minimum absolute atomic E-state index is 0.113. The average Bonchev–Trinajstić information content (AvgIpc) is 2.64. The maximum Gasteiger partial charge on any atom is 0.231 e. The van der Waals surface area contributed by atoms with Crippen molar-refractivity contribution >= 4 is 11.6 Å². The minimum Gasteiger partial charge on any atom is -0.387 e. The molecule has 1 amide bonds. The Kier molecular flexibility index (Phi) is 4.51. The summed E-state index contributed by atoms with van der Waals surface area (Å²) < 4.78 is 13.3. The van der Waals surface area contributed by atoms with Crippen LogP contribution in [0.25, 0.3) is 0 Å². The van der Waals surface area contributed by atoms with Crippen LogP contribution in [0.4, 0.5) is 10.1 Å². The van der Waals surface area contributed by atoms with Crippen molar-refractivity contribution in [3.8, 4) is 0 Å². The monoisotopic (exact) mass is 354 g/mol. The molecule has 2 N–H and O–H groups in total. The number of piperidine rings is 1. The van der Waals surface area contributed by atoms with Gasteiger partial charge in [0.15, 0.2) is 0 Å². The summed E-state index contributed by atoms with van der Waals surface area (Å²) in [5, 5.41) is 13.5. The third-order valence-electron chi connectivity index (χ3n) is 5.75. The van der Waals surface area contributed by atoms with E-state index in [-0.39, 0.29) is 17.1 Å². The van der Waals surface area contributed by atoms with Gasteiger partial charge >= 0.3 is 0 Å². The molecule has 1 fully saturated rings. The molecular weight excluding hydrogens is 331 g/mol. The van der Waals surface area contributed by atoms with E-state index in [2.05, 4.69) is 16.3 Å². The van der Waals surface area contributed by atoms with Gasteiger partial charge in [-0.3, -0.25) is 4.79 Å². The van der Waals surface area contributed by atoms with Crippen molar-refractivity contribution in [2.45, 2.75) is 25.4 Å². The molecule has 136 valence electrons. The molecule has 1 atom stereocenters. The Balaban J connectivity index is 1.40. The minimum atomic E-state index is -0.722. The van der Waals surface area contributed by atoms with Gasteiger partial charge in [0.2, 0.25) is 5.91 Å². The van der Waals surface area contributed by atoms with Crippen molar-refractivity contribution in [3.63, 3.8) is 0 Å². The number of carbonyl (C=O) groups excluding carboxylic acids is 1. The number of nitrogens with one attached hydrogen (secondary N) is 1. The van der Waals surface area contributed by atoms with Crippen LogP contribution >= 0.6 is 0 Å². The number of benzene rings is 2. The summed E-state index contributed by atoms with van der Waals surface area (Å²) in [7, 11) is 0. The molecule has 0 aliphatic carbocycles. The smallest absolute Gasteiger partial charge is 0.231 e. The Morgan fingerprint density at radius 3 is 2.69 bits per heavy atom. The summed E-state index contributed by atoms with van der Waals surface area (Å²) in [5.74, 6) is -0.224. The number of anilines is 1.